The summed E-state index contributed by atoms with van der Waals surface area (Å²) in [5, 5.41) is 22.7. The van der Waals surface area contributed by atoms with E-state index in [1.54, 1.807) is 6.07 Å². The van der Waals surface area contributed by atoms with E-state index in [4.69, 9.17) is 8.83 Å². The quantitative estimate of drug-likeness (QED) is 0.333. The summed E-state index contributed by atoms with van der Waals surface area (Å²) in [6.45, 7) is 0.341. The van der Waals surface area contributed by atoms with Crippen LogP contribution in [0.4, 0.5) is 0 Å². The molecule has 9 nitrogen and oxygen atoms in total. The number of thioether (sulfide) groups is 1. The van der Waals surface area contributed by atoms with Crippen LogP contribution in [0.25, 0.3) is 22.4 Å². The summed E-state index contributed by atoms with van der Waals surface area (Å²) in [4.78, 5) is 13.0. The van der Waals surface area contributed by atoms with Crippen molar-refractivity contribution < 1.29 is 8.83 Å². The maximum atomic E-state index is 13.0. The summed E-state index contributed by atoms with van der Waals surface area (Å²) in [6.07, 6.45) is 2.21. The Bertz CT molecular complexity index is 1490. The predicted molar refractivity (Wildman–Crippen MR) is 121 cm³/mol. The summed E-state index contributed by atoms with van der Waals surface area (Å²) < 4.78 is 13.0. The molecule has 0 atom stereocenters. The van der Waals surface area contributed by atoms with Crippen LogP contribution in [0.1, 0.15) is 36.1 Å². The van der Waals surface area contributed by atoms with E-state index in [1.807, 2.05) is 48.5 Å². The van der Waals surface area contributed by atoms with Crippen LogP contribution in [0.5, 0.6) is 0 Å². The fourth-order valence-electron chi connectivity index (χ4n) is 3.56. The van der Waals surface area contributed by atoms with Crippen molar-refractivity contribution in [3.63, 3.8) is 0 Å². The van der Waals surface area contributed by atoms with Crippen molar-refractivity contribution in [1.82, 2.24) is 30.2 Å². The van der Waals surface area contributed by atoms with Gasteiger partial charge in [0.1, 0.15) is 0 Å². The number of fused-ring (bicyclic) bond motifs is 1. The standard InChI is InChI=1S/C23H18N6O3S/c30-22-17-9-5-4-8-16(17)19(28-29(22)12-14-6-2-1-3-7-14)21-26-27-23(32-21)33-13-18-24-25-20(31-18)15-10-11-15/h1-9,15H,10-13H2. The van der Waals surface area contributed by atoms with E-state index in [2.05, 4.69) is 25.5 Å². The highest BCUT2D eigenvalue weighted by Gasteiger charge is 2.29. The zero-order valence-corrected chi connectivity index (χ0v) is 18.2. The number of rotatable bonds is 7. The van der Waals surface area contributed by atoms with E-state index in [0.29, 0.717) is 51.7 Å². The third-order valence-corrected chi connectivity index (χ3v) is 6.18. The van der Waals surface area contributed by atoms with Crippen LogP contribution < -0.4 is 5.56 Å². The molecule has 0 N–H and O–H groups in total. The molecule has 2 aromatic carbocycles. The monoisotopic (exact) mass is 458 g/mol. The first-order valence-electron chi connectivity index (χ1n) is 10.6. The largest absolute Gasteiger partial charge is 0.424 e. The van der Waals surface area contributed by atoms with E-state index in [0.717, 1.165) is 18.4 Å². The molecule has 0 bridgehead atoms. The number of hydrogen-bond donors (Lipinski definition) is 0. The van der Waals surface area contributed by atoms with Crippen molar-refractivity contribution in [1.29, 1.82) is 0 Å². The van der Waals surface area contributed by atoms with Gasteiger partial charge in [0, 0.05) is 11.3 Å². The van der Waals surface area contributed by atoms with Gasteiger partial charge in [-0.25, -0.2) is 4.68 Å². The van der Waals surface area contributed by atoms with Crippen molar-refractivity contribution in [2.45, 2.75) is 36.3 Å². The molecule has 0 spiro atoms. The molecule has 0 saturated heterocycles. The van der Waals surface area contributed by atoms with Gasteiger partial charge in [-0.05, 0) is 24.5 Å². The minimum Gasteiger partial charge on any atom is -0.424 e. The maximum absolute atomic E-state index is 13.0. The Morgan fingerprint density at radius 1 is 0.909 bits per heavy atom. The lowest BCUT2D eigenvalue weighted by atomic mass is 10.1. The van der Waals surface area contributed by atoms with E-state index < -0.39 is 0 Å². The second-order valence-corrected chi connectivity index (χ2v) is 8.74. The Hall–Kier alpha value is -3.79. The molecule has 6 rings (SSSR count). The first kappa shape index (κ1) is 19.9. The van der Waals surface area contributed by atoms with Crippen LogP contribution in [0.3, 0.4) is 0 Å². The van der Waals surface area contributed by atoms with Gasteiger partial charge >= 0.3 is 0 Å². The number of aromatic nitrogens is 6. The lowest BCUT2D eigenvalue weighted by molar-refractivity contribution is 0.455. The highest BCUT2D eigenvalue weighted by atomic mass is 32.2. The van der Waals surface area contributed by atoms with Crippen LogP contribution in [-0.4, -0.2) is 30.2 Å². The lowest BCUT2D eigenvalue weighted by Crippen LogP contribution is -2.24. The Labute approximate surface area is 191 Å². The minimum atomic E-state index is -0.171. The van der Waals surface area contributed by atoms with E-state index in [-0.39, 0.29) is 11.4 Å². The SMILES string of the molecule is O=c1c2ccccc2c(-c2nnc(SCc3nnc(C4CC4)o3)o2)nn1Cc1ccccc1. The average Bonchev–Trinajstić information content (AvgIpc) is 3.40. The van der Waals surface area contributed by atoms with Gasteiger partial charge in [-0.1, -0.05) is 60.3 Å². The maximum Gasteiger partial charge on any atom is 0.277 e. The zero-order chi connectivity index (χ0) is 22.2. The van der Waals surface area contributed by atoms with E-state index in [9.17, 15) is 4.79 Å². The van der Waals surface area contributed by atoms with E-state index >= 15 is 0 Å². The number of benzene rings is 2. The van der Waals surface area contributed by atoms with Gasteiger partial charge in [-0.3, -0.25) is 4.79 Å². The molecule has 5 aromatic rings. The Morgan fingerprint density at radius 2 is 1.70 bits per heavy atom. The van der Waals surface area contributed by atoms with Crippen molar-refractivity contribution in [3.8, 4) is 11.6 Å². The average molecular weight is 459 g/mol. The molecule has 0 unspecified atom stereocenters. The molecule has 3 heterocycles. The highest BCUT2D eigenvalue weighted by Crippen LogP contribution is 2.39. The lowest BCUT2D eigenvalue weighted by Gasteiger charge is -2.09. The Morgan fingerprint density at radius 3 is 2.52 bits per heavy atom. The summed E-state index contributed by atoms with van der Waals surface area (Å²) in [7, 11) is 0. The third-order valence-electron chi connectivity index (χ3n) is 5.38. The van der Waals surface area contributed by atoms with Crippen LogP contribution in [0.2, 0.25) is 0 Å². The molecule has 33 heavy (non-hydrogen) atoms. The first-order chi connectivity index (χ1) is 16.2. The van der Waals surface area contributed by atoms with Gasteiger partial charge in [0.15, 0.2) is 5.69 Å². The van der Waals surface area contributed by atoms with Crippen LogP contribution in [-0.2, 0) is 12.3 Å². The van der Waals surface area contributed by atoms with Crippen LogP contribution >= 0.6 is 11.8 Å². The molecular formula is C23H18N6O3S. The predicted octanol–water partition coefficient (Wildman–Crippen LogP) is 4.05. The molecule has 1 aliphatic rings. The summed E-state index contributed by atoms with van der Waals surface area (Å²) >= 11 is 1.32. The summed E-state index contributed by atoms with van der Waals surface area (Å²) in [6, 6.07) is 17.0. The highest BCUT2D eigenvalue weighted by molar-refractivity contribution is 7.98. The van der Waals surface area contributed by atoms with Gasteiger partial charge in [0.25, 0.3) is 16.7 Å². The van der Waals surface area contributed by atoms with Crippen LogP contribution in [0, 0.1) is 0 Å². The molecule has 0 radical (unpaired) electrons. The molecule has 3 aromatic heterocycles. The summed E-state index contributed by atoms with van der Waals surface area (Å²) in [5.74, 6) is 2.33. The van der Waals surface area contributed by atoms with Crippen molar-refractivity contribution in [2.75, 3.05) is 0 Å². The zero-order valence-electron chi connectivity index (χ0n) is 17.4. The second-order valence-electron chi connectivity index (χ2n) is 7.81. The molecular weight excluding hydrogens is 440 g/mol. The molecule has 0 aliphatic heterocycles. The van der Waals surface area contributed by atoms with Gasteiger partial charge in [-0.15, -0.1) is 20.4 Å². The second kappa shape index (κ2) is 8.28. The van der Waals surface area contributed by atoms with Crippen molar-refractivity contribution in [3.05, 3.63) is 82.3 Å². The smallest absolute Gasteiger partial charge is 0.277 e. The van der Waals surface area contributed by atoms with Crippen molar-refractivity contribution >= 4 is 22.5 Å². The van der Waals surface area contributed by atoms with E-state index in [1.165, 1.54) is 16.4 Å². The molecule has 164 valence electrons. The van der Waals surface area contributed by atoms with Crippen LogP contribution in [0.15, 0.2) is 73.4 Å². The molecule has 0 amide bonds. The molecule has 1 aliphatic carbocycles. The molecule has 1 fully saturated rings. The normalized spacial score (nSPS) is 13.6. The third kappa shape index (κ3) is 4.05. The van der Waals surface area contributed by atoms with Crippen molar-refractivity contribution in [2.24, 2.45) is 0 Å². The summed E-state index contributed by atoms with van der Waals surface area (Å²) in [5.41, 5.74) is 1.27. The minimum absolute atomic E-state index is 0.171. The van der Waals surface area contributed by atoms with Gasteiger partial charge < -0.3 is 8.83 Å². The number of nitrogens with zero attached hydrogens (tertiary/aromatic N) is 6. The number of hydrogen-bond acceptors (Lipinski definition) is 9. The fraction of sp³-hybridized carbons (Fsp3) is 0.217. The van der Waals surface area contributed by atoms with Gasteiger partial charge in [-0.2, -0.15) is 5.10 Å². The Balaban J connectivity index is 1.30. The Kier molecular flexibility index (Phi) is 4.99. The fourth-order valence-corrected chi connectivity index (χ4v) is 4.16. The molecule has 1 saturated carbocycles. The molecule has 10 heteroatoms. The van der Waals surface area contributed by atoms with Gasteiger partial charge in [0.05, 0.1) is 17.7 Å². The topological polar surface area (TPSA) is 113 Å². The first-order valence-corrected chi connectivity index (χ1v) is 11.6. The van der Waals surface area contributed by atoms with Gasteiger partial charge in [0.2, 0.25) is 11.8 Å².